The molecule has 0 unspecified atom stereocenters. The van der Waals surface area contributed by atoms with Gasteiger partial charge in [0.2, 0.25) is 0 Å². The van der Waals surface area contributed by atoms with E-state index >= 15 is 0 Å². The Morgan fingerprint density at radius 2 is 1.34 bits per heavy atom. The molecule has 3 nitrogen and oxygen atoms in total. The first-order valence-electron chi connectivity index (χ1n) is 27.1. The van der Waals surface area contributed by atoms with Crippen LogP contribution in [0.3, 0.4) is 0 Å². The first-order chi connectivity index (χ1) is 33.9. The van der Waals surface area contributed by atoms with Crippen molar-refractivity contribution >= 4 is 21.9 Å². The normalized spacial score (nSPS) is 17.3. The van der Waals surface area contributed by atoms with Gasteiger partial charge in [-0.3, -0.25) is 0 Å². The molecule has 0 fully saturated rings. The molecule has 0 spiro atoms. The van der Waals surface area contributed by atoms with E-state index in [4.69, 9.17) is 27.7 Å². The molecule has 1 radical (unpaired) electrons. The van der Waals surface area contributed by atoms with E-state index in [9.17, 15) is 0 Å². The smallest absolute Gasteiger partial charge is 0.123 e. The minimum Gasteiger partial charge on any atom is -0.500 e. The quantitative estimate of drug-likeness (QED) is 0.161. The fourth-order valence-electron chi connectivity index (χ4n) is 6.58. The molecule has 0 atom stereocenters. The van der Waals surface area contributed by atoms with Gasteiger partial charge in [-0.15, -0.1) is 53.6 Å². The number of aromatic nitrogens is 2. The second-order valence-electron chi connectivity index (χ2n) is 16.1. The zero-order valence-electron chi connectivity index (χ0n) is 50.1. The van der Waals surface area contributed by atoms with Crippen molar-refractivity contribution in [2.75, 3.05) is 0 Å². The molecule has 0 saturated heterocycles. The molecule has 4 heteroatoms. The SMILES string of the molecule is [2H]C([2H])([2H])c1c[c-]c(-c2ccc(C(C)(C)C)cn2)cc1.[2H]C([2H])([2H])c1cc(-c2cc(-c3[c-]ccc4c3oc3c(C([2H])([2H])[2H])cccc34)ncc2C([2H])([2H])[2H])c(C([2H])([2H])[2H])cc1-c1ccc(C([2H])([2H])C(C)(C)C)cc1.[Ir]. The molecule has 5 aromatic carbocycles. The number of benzene rings is 5. The van der Waals surface area contributed by atoms with Crippen LogP contribution < -0.4 is 0 Å². The molecule has 0 aliphatic carbocycles. The van der Waals surface area contributed by atoms with Crippen LogP contribution in [0, 0.1) is 51.8 Å². The monoisotopic (exact) mass is 956 g/mol. The molecule has 3 aromatic heterocycles. The molecule has 0 amide bonds. The van der Waals surface area contributed by atoms with Gasteiger partial charge < -0.3 is 14.4 Å². The molecule has 58 heavy (non-hydrogen) atoms. The van der Waals surface area contributed by atoms with Crippen LogP contribution in [0.2, 0.25) is 0 Å². The van der Waals surface area contributed by atoms with Gasteiger partial charge in [-0.05, 0) is 112 Å². The summed E-state index contributed by atoms with van der Waals surface area (Å²) in [6, 6.07) is 33.0. The van der Waals surface area contributed by atoms with Crippen molar-refractivity contribution in [1.82, 2.24) is 9.97 Å². The van der Waals surface area contributed by atoms with E-state index in [0.29, 0.717) is 27.5 Å². The van der Waals surface area contributed by atoms with Gasteiger partial charge in [0.25, 0.3) is 0 Å². The topological polar surface area (TPSA) is 38.9 Å². The number of furan rings is 1. The van der Waals surface area contributed by atoms with Gasteiger partial charge in [0.15, 0.2) is 0 Å². The predicted octanol–water partition coefficient (Wildman–Crippen LogP) is 14.8. The number of fused-ring (bicyclic) bond motifs is 3. The summed E-state index contributed by atoms with van der Waals surface area (Å²) >= 11 is 0. The Bertz CT molecular complexity index is 3280. The van der Waals surface area contributed by atoms with Crippen LogP contribution in [0.4, 0.5) is 0 Å². The minimum absolute atomic E-state index is 0. The molecule has 3 heterocycles. The Labute approximate surface area is 383 Å². The van der Waals surface area contributed by atoms with Crippen LogP contribution in [0.25, 0.3) is 66.7 Å². The number of hydrogen-bond donors (Lipinski definition) is 0. The molecule has 8 rings (SSSR count). The molecular weight excluding hydrogens is 885 g/mol. The second kappa shape index (κ2) is 17.0. The fourth-order valence-corrected chi connectivity index (χ4v) is 6.58. The van der Waals surface area contributed by atoms with E-state index in [1.165, 1.54) is 35.9 Å². The maximum absolute atomic E-state index is 8.65. The summed E-state index contributed by atoms with van der Waals surface area (Å²) < 4.78 is 146. The Morgan fingerprint density at radius 3 is 2.00 bits per heavy atom. The largest absolute Gasteiger partial charge is 0.500 e. The van der Waals surface area contributed by atoms with Crippen LogP contribution in [0.5, 0.6) is 0 Å². The van der Waals surface area contributed by atoms with Crippen molar-refractivity contribution in [2.45, 2.75) is 87.6 Å². The maximum atomic E-state index is 8.65. The third-order valence-electron chi connectivity index (χ3n) is 9.50. The van der Waals surface area contributed by atoms with Crippen LogP contribution in [0.15, 0.2) is 120 Å². The molecular formula is C54H54IrN2O-2. The third-order valence-corrected chi connectivity index (χ3v) is 9.50. The molecule has 8 aromatic rings. The van der Waals surface area contributed by atoms with Crippen LogP contribution >= 0.6 is 0 Å². The van der Waals surface area contributed by atoms with Crippen molar-refractivity contribution in [2.24, 2.45) is 5.41 Å². The second-order valence-corrected chi connectivity index (χ2v) is 16.1. The molecule has 0 saturated carbocycles. The third kappa shape index (κ3) is 9.25. The number of aryl methyl sites for hydroxylation is 5. The molecule has 0 aliphatic heterocycles. The van der Waals surface area contributed by atoms with E-state index in [1.807, 2.05) is 18.3 Å². The summed E-state index contributed by atoms with van der Waals surface area (Å²) in [6.07, 6.45) is 1.22. The molecule has 0 aliphatic rings. The summed E-state index contributed by atoms with van der Waals surface area (Å²) in [4.78, 5) is 8.86. The number of nitrogens with zero attached hydrogens (tertiary/aromatic N) is 2. The van der Waals surface area contributed by atoms with E-state index in [-0.39, 0.29) is 86.9 Å². The summed E-state index contributed by atoms with van der Waals surface area (Å²) in [6.45, 7) is -1.31. The van der Waals surface area contributed by atoms with Gasteiger partial charge in [-0.1, -0.05) is 132 Å². The summed E-state index contributed by atoms with van der Waals surface area (Å²) in [5.41, 5.74) is 2.75. The first-order valence-corrected chi connectivity index (χ1v) is 18.6. The summed E-state index contributed by atoms with van der Waals surface area (Å²) in [5, 5.41) is 1.07. The Balaban J connectivity index is 0.000000365. The Morgan fingerprint density at radius 1 is 0.638 bits per heavy atom. The van der Waals surface area contributed by atoms with Gasteiger partial charge in [-0.25, -0.2) is 0 Å². The van der Waals surface area contributed by atoms with Gasteiger partial charge in [-0.2, -0.15) is 0 Å². The average molecular weight is 956 g/mol. The number of hydrogen-bond acceptors (Lipinski definition) is 3. The number of para-hydroxylation sites is 1. The predicted molar refractivity (Wildman–Crippen MR) is 241 cm³/mol. The van der Waals surface area contributed by atoms with Crippen molar-refractivity contribution in [1.29, 1.82) is 0 Å². The maximum Gasteiger partial charge on any atom is 0.123 e. The van der Waals surface area contributed by atoms with Crippen molar-refractivity contribution in [3.8, 4) is 44.8 Å². The van der Waals surface area contributed by atoms with E-state index in [1.54, 1.807) is 81.4 Å². The zero-order chi connectivity index (χ0) is 54.9. The zero-order valence-corrected chi connectivity index (χ0v) is 35.5. The van der Waals surface area contributed by atoms with E-state index in [2.05, 4.69) is 42.9 Å². The van der Waals surface area contributed by atoms with E-state index < -0.39 is 46.0 Å². The van der Waals surface area contributed by atoms with Crippen molar-refractivity contribution < 1.29 is 47.8 Å². The minimum atomic E-state index is -2.85. The Kier molecular flexibility index (Phi) is 7.43. The Hall–Kier alpha value is -5.15. The van der Waals surface area contributed by atoms with E-state index in [0.717, 1.165) is 17.5 Å². The number of pyridine rings is 2. The van der Waals surface area contributed by atoms with Gasteiger partial charge in [0, 0.05) is 61.2 Å². The van der Waals surface area contributed by atoms with Gasteiger partial charge in [0.05, 0.1) is 5.58 Å². The fraction of sp³-hybridized carbons (Fsp3) is 0.259. The standard InChI is InChI=1S/C38H36NO.C16H18N.Ir/c1-23-10-8-11-29-30-12-9-13-31(37(30)40-36(23)29)35-20-34(26(4)22-39-35)33-19-24(2)32(18-25(33)3)28-16-14-27(15-17-28)21-38(5,6)7;1-12-5-7-13(8-6-12)15-10-9-14(11-17-15)16(2,3)4;/h8-12,14-20,22H,21H2,1-7H3;5-7,9-11H,1-4H3;/q2*-1;/i1D3,2D3,3D3,4D3,21D2;1D3;. The van der Waals surface area contributed by atoms with Crippen molar-refractivity contribution in [3.05, 3.63) is 167 Å². The molecule has 0 N–H and O–H groups in total. The van der Waals surface area contributed by atoms with Crippen molar-refractivity contribution in [3.63, 3.8) is 0 Å². The van der Waals surface area contributed by atoms with Gasteiger partial charge >= 0.3 is 0 Å². The van der Waals surface area contributed by atoms with Crippen LogP contribution in [-0.2, 0) is 31.9 Å². The first kappa shape index (κ1) is 25.4. The van der Waals surface area contributed by atoms with Gasteiger partial charge in [0.1, 0.15) is 5.58 Å². The summed E-state index contributed by atoms with van der Waals surface area (Å²) in [7, 11) is 0. The van der Waals surface area contributed by atoms with Crippen LogP contribution in [-0.4, -0.2) is 9.97 Å². The molecule has 297 valence electrons. The average Bonchev–Trinajstić information content (AvgIpc) is 3.68. The van der Waals surface area contributed by atoms with Crippen LogP contribution in [0.1, 0.15) is 104 Å². The summed E-state index contributed by atoms with van der Waals surface area (Å²) in [5.74, 6) is 0. The number of rotatable bonds is 5. The molecule has 0 bridgehead atoms.